The molecule has 0 fully saturated rings. The number of benzene rings is 1. The van der Waals surface area contributed by atoms with Gasteiger partial charge in [0.05, 0.1) is 7.11 Å². The fraction of sp³-hybridized carbons (Fsp3) is 0.214. The molecular weight excluding hydrogens is 250 g/mol. The summed E-state index contributed by atoms with van der Waals surface area (Å²) in [6, 6.07) is 6.60. The third-order valence-corrected chi connectivity index (χ3v) is 2.88. The van der Waals surface area contributed by atoms with Crippen LogP contribution in [-0.2, 0) is 6.42 Å². The average molecular weight is 264 g/mol. The molecule has 0 radical (unpaired) electrons. The van der Waals surface area contributed by atoms with Crippen LogP contribution in [0.4, 0.5) is 8.78 Å². The van der Waals surface area contributed by atoms with Crippen molar-refractivity contribution >= 4 is 0 Å². The second-order valence-electron chi connectivity index (χ2n) is 4.11. The number of methoxy groups -OCH3 is 1. The Labute approximate surface area is 110 Å². The van der Waals surface area contributed by atoms with Gasteiger partial charge in [0.1, 0.15) is 11.6 Å². The molecule has 1 aromatic carbocycles. The maximum atomic E-state index is 13.6. The van der Waals surface area contributed by atoms with Crippen molar-refractivity contribution in [1.82, 2.24) is 4.98 Å². The summed E-state index contributed by atoms with van der Waals surface area (Å²) < 4.78 is 32.2. The molecule has 0 saturated carbocycles. The summed E-state index contributed by atoms with van der Waals surface area (Å²) in [5.41, 5.74) is 6.58. The van der Waals surface area contributed by atoms with Gasteiger partial charge in [0.25, 0.3) is 0 Å². The van der Waals surface area contributed by atoms with Gasteiger partial charge < -0.3 is 10.5 Å². The first kappa shape index (κ1) is 13.4. The maximum absolute atomic E-state index is 13.6. The van der Waals surface area contributed by atoms with Gasteiger partial charge in [-0.25, -0.2) is 13.8 Å². The predicted molar refractivity (Wildman–Crippen MR) is 67.8 cm³/mol. The SMILES string of the molecule is COc1ncccc1C(N)Cc1c(F)cccc1F. The van der Waals surface area contributed by atoms with Crippen LogP contribution >= 0.6 is 0 Å². The van der Waals surface area contributed by atoms with Crippen LogP contribution in [0.3, 0.4) is 0 Å². The predicted octanol–water partition coefficient (Wildman–Crippen LogP) is 2.61. The Kier molecular flexibility index (Phi) is 4.06. The van der Waals surface area contributed by atoms with Crippen molar-refractivity contribution in [2.45, 2.75) is 12.5 Å². The Hall–Kier alpha value is -2.01. The highest BCUT2D eigenvalue weighted by molar-refractivity contribution is 5.31. The molecule has 100 valence electrons. The fourth-order valence-electron chi connectivity index (χ4n) is 1.91. The number of pyridine rings is 1. The largest absolute Gasteiger partial charge is 0.481 e. The summed E-state index contributed by atoms with van der Waals surface area (Å²) in [5.74, 6) is -0.830. The second-order valence-corrected chi connectivity index (χ2v) is 4.11. The van der Waals surface area contributed by atoms with E-state index in [4.69, 9.17) is 10.5 Å². The molecule has 1 heterocycles. The van der Waals surface area contributed by atoms with Crippen molar-refractivity contribution in [2.24, 2.45) is 5.73 Å². The minimum atomic E-state index is -0.599. The van der Waals surface area contributed by atoms with Gasteiger partial charge in [-0.2, -0.15) is 0 Å². The highest BCUT2D eigenvalue weighted by atomic mass is 19.1. The molecule has 19 heavy (non-hydrogen) atoms. The van der Waals surface area contributed by atoms with E-state index in [9.17, 15) is 8.78 Å². The minimum Gasteiger partial charge on any atom is -0.481 e. The van der Waals surface area contributed by atoms with Crippen LogP contribution in [0.1, 0.15) is 17.2 Å². The number of hydrogen-bond donors (Lipinski definition) is 1. The van der Waals surface area contributed by atoms with E-state index in [-0.39, 0.29) is 12.0 Å². The molecule has 0 aliphatic carbocycles. The van der Waals surface area contributed by atoms with Gasteiger partial charge in [-0.3, -0.25) is 0 Å². The van der Waals surface area contributed by atoms with Crippen LogP contribution in [0.5, 0.6) is 5.88 Å². The zero-order valence-corrected chi connectivity index (χ0v) is 10.4. The number of nitrogens with two attached hydrogens (primary N) is 1. The van der Waals surface area contributed by atoms with Gasteiger partial charge in [0, 0.05) is 23.4 Å². The standard InChI is InChI=1S/C14H14F2N2O/c1-19-14-9(4-3-7-18-14)13(17)8-10-11(15)5-2-6-12(10)16/h2-7,13H,8,17H2,1H3. The van der Waals surface area contributed by atoms with E-state index < -0.39 is 17.7 Å². The van der Waals surface area contributed by atoms with Gasteiger partial charge in [-0.1, -0.05) is 12.1 Å². The van der Waals surface area contributed by atoms with Crippen LogP contribution in [-0.4, -0.2) is 12.1 Å². The lowest BCUT2D eigenvalue weighted by molar-refractivity contribution is 0.387. The lowest BCUT2D eigenvalue weighted by atomic mass is 10.00. The molecular formula is C14H14F2N2O. The van der Waals surface area contributed by atoms with Crippen molar-refractivity contribution in [3.63, 3.8) is 0 Å². The topological polar surface area (TPSA) is 48.1 Å². The normalized spacial score (nSPS) is 12.2. The molecule has 1 unspecified atom stereocenters. The van der Waals surface area contributed by atoms with Gasteiger partial charge in [0.15, 0.2) is 0 Å². The van der Waals surface area contributed by atoms with Crippen molar-refractivity contribution in [2.75, 3.05) is 7.11 Å². The summed E-state index contributed by atoms with van der Waals surface area (Å²) in [6.45, 7) is 0. The van der Waals surface area contributed by atoms with Gasteiger partial charge in [-0.15, -0.1) is 0 Å². The first-order valence-electron chi connectivity index (χ1n) is 5.81. The van der Waals surface area contributed by atoms with Crippen molar-refractivity contribution in [1.29, 1.82) is 0 Å². The Morgan fingerprint density at radius 1 is 1.21 bits per heavy atom. The van der Waals surface area contributed by atoms with E-state index >= 15 is 0 Å². The van der Waals surface area contributed by atoms with Crippen molar-refractivity contribution < 1.29 is 13.5 Å². The maximum Gasteiger partial charge on any atom is 0.217 e. The Morgan fingerprint density at radius 2 is 1.89 bits per heavy atom. The molecule has 5 heteroatoms. The summed E-state index contributed by atoms with van der Waals surface area (Å²) in [7, 11) is 1.47. The van der Waals surface area contributed by atoms with E-state index in [0.29, 0.717) is 11.4 Å². The molecule has 2 rings (SSSR count). The minimum absolute atomic E-state index is 0.0269. The van der Waals surface area contributed by atoms with Crippen LogP contribution in [0.25, 0.3) is 0 Å². The van der Waals surface area contributed by atoms with Crippen LogP contribution in [0.2, 0.25) is 0 Å². The Bertz CT molecular complexity index is 555. The number of hydrogen-bond acceptors (Lipinski definition) is 3. The number of aromatic nitrogens is 1. The van der Waals surface area contributed by atoms with E-state index in [1.54, 1.807) is 18.3 Å². The van der Waals surface area contributed by atoms with Crippen molar-refractivity contribution in [3.05, 3.63) is 59.3 Å². The smallest absolute Gasteiger partial charge is 0.217 e. The first-order chi connectivity index (χ1) is 9.13. The molecule has 0 amide bonds. The Balaban J connectivity index is 2.28. The highest BCUT2D eigenvalue weighted by Gasteiger charge is 2.17. The first-order valence-corrected chi connectivity index (χ1v) is 5.81. The average Bonchev–Trinajstić information content (AvgIpc) is 2.42. The van der Waals surface area contributed by atoms with Crippen LogP contribution in [0, 0.1) is 11.6 Å². The van der Waals surface area contributed by atoms with E-state index in [0.717, 1.165) is 0 Å². The monoisotopic (exact) mass is 264 g/mol. The summed E-state index contributed by atoms with van der Waals surface area (Å²) in [5, 5.41) is 0. The van der Waals surface area contributed by atoms with Crippen molar-refractivity contribution in [3.8, 4) is 5.88 Å². The number of halogens is 2. The molecule has 3 nitrogen and oxygen atoms in total. The molecule has 1 atom stereocenters. The van der Waals surface area contributed by atoms with Gasteiger partial charge in [-0.05, 0) is 24.6 Å². The van der Waals surface area contributed by atoms with E-state index in [1.165, 1.54) is 25.3 Å². The molecule has 2 N–H and O–H groups in total. The molecule has 0 aliphatic heterocycles. The summed E-state index contributed by atoms with van der Waals surface area (Å²) in [4.78, 5) is 4.02. The van der Waals surface area contributed by atoms with E-state index in [2.05, 4.69) is 4.98 Å². The second kappa shape index (κ2) is 5.75. The molecule has 1 aromatic heterocycles. The summed E-state index contributed by atoms with van der Waals surface area (Å²) >= 11 is 0. The lowest BCUT2D eigenvalue weighted by Crippen LogP contribution is -2.16. The molecule has 0 bridgehead atoms. The zero-order valence-electron chi connectivity index (χ0n) is 10.4. The van der Waals surface area contributed by atoms with Crippen LogP contribution in [0.15, 0.2) is 36.5 Å². The molecule has 0 aliphatic rings. The molecule has 0 saturated heterocycles. The van der Waals surface area contributed by atoms with Gasteiger partial charge in [0.2, 0.25) is 5.88 Å². The lowest BCUT2D eigenvalue weighted by Gasteiger charge is -2.15. The summed E-state index contributed by atoms with van der Waals surface area (Å²) in [6.07, 6.45) is 1.61. The third kappa shape index (κ3) is 2.88. The molecule has 0 spiro atoms. The Morgan fingerprint density at radius 3 is 2.53 bits per heavy atom. The third-order valence-electron chi connectivity index (χ3n) is 2.88. The fourth-order valence-corrected chi connectivity index (χ4v) is 1.91. The van der Waals surface area contributed by atoms with E-state index in [1.807, 2.05) is 0 Å². The highest BCUT2D eigenvalue weighted by Crippen LogP contribution is 2.25. The number of nitrogens with zero attached hydrogens (tertiary/aromatic N) is 1. The number of ether oxygens (including phenoxy) is 1. The van der Waals surface area contributed by atoms with Gasteiger partial charge >= 0.3 is 0 Å². The zero-order chi connectivity index (χ0) is 13.8. The number of rotatable bonds is 4. The van der Waals surface area contributed by atoms with Crippen LogP contribution < -0.4 is 10.5 Å². The quantitative estimate of drug-likeness (QED) is 0.923. The molecule has 2 aromatic rings.